The summed E-state index contributed by atoms with van der Waals surface area (Å²) >= 11 is 0. The molecule has 0 aromatic heterocycles. The Hall–Kier alpha value is -1.62. The van der Waals surface area contributed by atoms with Crippen LogP contribution in [-0.4, -0.2) is 50.6 Å². The lowest BCUT2D eigenvalue weighted by atomic mass is 10.1. The Morgan fingerprint density at radius 1 is 1.39 bits per heavy atom. The second-order valence-electron chi connectivity index (χ2n) is 4.57. The fourth-order valence-corrected chi connectivity index (χ4v) is 2.21. The normalized spacial score (nSPS) is 20.4. The minimum absolute atomic E-state index is 0.0887. The maximum Gasteiger partial charge on any atom is 0.242 e. The van der Waals surface area contributed by atoms with E-state index in [1.165, 1.54) is 12.1 Å². The third kappa shape index (κ3) is 2.61. The summed E-state index contributed by atoms with van der Waals surface area (Å²) in [6, 6.07) is 6.41. The third-order valence-electron chi connectivity index (χ3n) is 3.33. The summed E-state index contributed by atoms with van der Waals surface area (Å²) in [6.45, 7) is 1.86. The molecule has 0 aliphatic carbocycles. The van der Waals surface area contributed by atoms with Gasteiger partial charge in [0.15, 0.2) is 0 Å². The quantitative estimate of drug-likeness (QED) is 0.858. The van der Waals surface area contributed by atoms with Crippen molar-refractivity contribution in [3.05, 3.63) is 30.1 Å². The highest BCUT2D eigenvalue weighted by Crippen LogP contribution is 2.19. The lowest BCUT2D eigenvalue weighted by Crippen LogP contribution is -2.57. The molecule has 2 rings (SSSR count). The number of amides is 1. The van der Waals surface area contributed by atoms with E-state index in [4.69, 9.17) is 0 Å². The molecule has 1 aliphatic rings. The molecule has 0 spiro atoms. The number of hydrogen-bond acceptors (Lipinski definition) is 3. The summed E-state index contributed by atoms with van der Waals surface area (Å²) in [4.78, 5) is 15.7. The van der Waals surface area contributed by atoms with Gasteiger partial charge in [0.05, 0.1) is 12.6 Å². The number of carbonyl (C=O) groups excluding carboxylic acids is 1. The zero-order chi connectivity index (χ0) is 13.1. The molecule has 5 heteroatoms. The Balaban J connectivity index is 2.14. The number of halogens is 1. The molecule has 1 aromatic rings. The van der Waals surface area contributed by atoms with Crippen LogP contribution in [0.3, 0.4) is 0 Å². The third-order valence-corrected chi connectivity index (χ3v) is 3.33. The lowest BCUT2D eigenvalue weighted by Gasteiger charge is -2.40. The van der Waals surface area contributed by atoms with Gasteiger partial charge in [-0.3, -0.25) is 4.79 Å². The monoisotopic (exact) mass is 251 g/mol. The van der Waals surface area contributed by atoms with E-state index >= 15 is 0 Å². The molecular formula is C13H18FN3O. The first-order chi connectivity index (χ1) is 8.61. The van der Waals surface area contributed by atoms with Crippen molar-refractivity contribution in [2.24, 2.45) is 0 Å². The second-order valence-corrected chi connectivity index (χ2v) is 4.57. The molecule has 1 fully saturated rings. The van der Waals surface area contributed by atoms with Crippen molar-refractivity contribution in [2.75, 3.05) is 38.6 Å². The van der Waals surface area contributed by atoms with E-state index < -0.39 is 0 Å². The number of piperazine rings is 1. The number of nitrogens with one attached hydrogen (secondary N) is 1. The van der Waals surface area contributed by atoms with Gasteiger partial charge >= 0.3 is 0 Å². The molecule has 1 atom stereocenters. The molecule has 1 saturated heterocycles. The molecule has 1 unspecified atom stereocenters. The molecule has 1 heterocycles. The molecule has 1 aromatic carbocycles. The Morgan fingerprint density at radius 2 is 2.06 bits per heavy atom. The van der Waals surface area contributed by atoms with Crippen LogP contribution in [-0.2, 0) is 4.79 Å². The van der Waals surface area contributed by atoms with Crippen LogP contribution in [0.5, 0.6) is 0 Å². The summed E-state index contributed by atoms with van der Waals surface area (Å²) in [6.07, 6.45) is 0. The second kappa shape index (κ2) is 5.35. The first kappa shape index (κ1) is 12.8. The largest absolute Gasteiger partial charge is 0.360 e. The van der Waals surface area contributed by atoms with E-state index in [-0.39, 0.29) is 17.8 Å². The van der Waals surface area contributed by atoms with Crippen LogP contribution in [0.4, 0.5) is 10.1 Å². The number of rotatable bonds is 3. The van der Waals surface area contributed by atoms with Gasteiger partial charge in [-0.2, -0.15) is 0 Å². The Morgan fingerprint density at radius 3 is 2.67 bits per heavy atom. The minimum atomic E-state index is -0.258. The van der Waals surface area contributed by atoms with Gasteiger partial charge in [-0.25, -0.2) is 4.39 Å². The van der Waals surface area contributed by atoms with Crippen LogP contribution in [0.2, 0.25) is 0 Å². The molecular weight excluding hydrogens is 233 g/mol. The van der Waals surface area contributed by atoms with E-state index in [1.807, 2.05) is 19.0 Å². The average Bonchev–Trinajstić information content (AvgIpc) is 2.36. The van der Waals surface area contributed by atoms with E-state index in [0.29, 0.717) is 6.54 Å². The van der Waals surface area contributed by atoms with Crippen LogP contribution in [0.25, 0.3) is 0 Å². The predicted molar refractivity (Wildman–Crippen MR) is 69.1 cm³/mol. The van der Waals surface area contributed by atoms with E-state index in [1.54, 1.807) is 17.0 Å². The molecule has 0 saturated carbocycles. The summed E-state index contributed by atoms with van der Waals surface area (Å²) in [5, 5.41) is 3.09. The van der Waals surface area contributed by atoms with Gasteiger partial charge in [0.2, 0.25) is 5.91 Å². The fourth-order valence-electron chi connectivity index (χ4n) is 2.21. The number of carbonyl (C=O) groups is 1. The highest BCUT2D eigenvalue weighted by molar-refractivity contribution is 5.83. The highest BCUT2D eigenvalue weighted by atomic mass is 19.1. The predicted octanol–water partition coefficient (Wildman–Crippen LogP) is 0.692. The van der Waals surface area contributed by atoms with Crippen molar-refractivity contribution in [1.82, 2.24) is 10.2 Å². The molecule has 0 radical (unpaired) electrons. The van der Waals surface area contributed by atoms with Crippen molar-refractivity contribution in [2.45, 2.75) is 6.04 Å². The van der Waals surface area contributed by atoms with Crippen LogP contribution in [0, 0.1) is 5.82 Å². The number of nitrogens with zero attached hydrogens (tertiary/aromatic N) is 2. The van der Waals surface area contributed by atoms with Crippen molar-refractivity contribution < 1.29 is 9.18 Å². The van der Waals surface area contributed by atoms with Crippen molar-refractivity contribution in [1.29, 1.82) is 0 Å². The molecule has 0 bridgehead atoms. The lowest BCUT2D eigenvalue weighted by molar-refractivity contribution is -0.131. The van der Waals surface area contributed by atoms with Gasteiger partial charge in [-0.15, -0.1) is 0 Å². The van der Waals surface area contributed by atoms with Gasteiger partial charge < -0.3 is 15.1 Å². The SMILES string of the molecule is CNCC1CN(c2ccc(F)cc2)CC(=O)N1C. The summed E-state index contributed by atoms with van der Waals surface area (Å²) in [7, 11) is 3.70. The van der Waals surface area contributed by atoms with Gasteiger partial charge in [-0.1, -0.05) is 0 Å². The van der Waals surface area contributed by atoms with Gasteiger partial charge in [0, 0.05) is 25.8 Å². The number of anilines is 1. The van der Waals surface area contributed by atoms with Crippen LogP contribution >= 0.6 is 0 Å². The summed E-state index contributed by atoms with van der Waals surface area (Å²) in [5.74, 6) is -0.170. The zero-order valence-corrected chi connectivity index (χ0v) is 10.7. The van der Waals surface area contributed by atoms with Crippen molar-refractivity contribution in [3.63, 3.8) is 0 Å². The number of hydrogen-bond donors (Lipinski definition) is 1. The topological polar surface area (TPSA) is 35.6 Å². The van der Waals surface area contributed by atoms with Gasteiger partial charge in [0.1, 0.15) is 5.82 Å². The first-order valence-electron chi connectivity index (χ1n) is 6.02. The van der Waals surface area contributed by atoms with Crippen molar-refractivity contribution >= 4 is 11.6 Å². The Bertz CT molecular complexity index is 421. The molecule has 4 nitrogen and oxygen atoms in total. The fraction of sp³-hybridized carbons (Fsp3) is 0.462. The van der Waals surface area contributed by atoms with Gasteiger partial charge in [0.25, 0.3) is 0 Å². The van der Waals surface area contributed by atoms with E-state index in [9.17, 15) is 9.18 Å². The van der Waals surface area contributed by atoms with Gasteiger partial charge in [-0.05, 0) is 31.3 Å². The van der Waals surface area contributed by atoms with Crippen LogP contribution in [0.1, 0.15) is 0 Å². The maximum atomic E-state index is 12.9. The van der Waals surface area contributed by atoms with Crippen molar-refractivity contribution in [3.8, 4) is 0 Å². The van der Waals surface area contributed by atoms with E-state index in [0.717, 1.165) is 18.8 Å². The zero-order valence-electron chi connectivity index (χ0n) is 10.7. The molecule has 1 amide bonds. The smallest absolute Gasteiger partial charge is 0.242 e. The van der Waals surface area contributed by atoms with Crippen LogP contribution in [0.15, 0.2) is 24.3 Å². The molecule has 18 heavy (non-hydrogen) atoms. The number of benzene rings is 1. The number of likely N-dealkylation sites (N-methyl/N-ethyl adjacent to an activating group) is 2. The molecule has 1 N–H and O–H groups in total. The molecule has 1 aliphatic heterocycles. The maximum absolute atomic E-state index is 12.9. The Kier molecular flexibility index (Phi) is 3.81. The van der Waals surface area contributed by atoms with E-state index in [2.05, 4.69) is 5.32 Å². The molecule has 98 valence electrons. The average molecular weight is 251 g/mol. The standard InChI is InChI=1S/C13H18FN3O/c1-15-7-12-8-17(9-13(18)16(12)2)11-5-3-10(14)4-6-11/h3-6,12,15H,7-9H2,1-2H3. The first-order valence-corrected chi connectivity index (χ1v) is 6.02. The minimum Gasteiger partial charge on any atom is -0.360 e. The Labute approximate surface area is 106 Å². The van der Waals surface area contributed by atoms with Crippen LogP contribution < -0.4 is 10.2 Å². The summed E-state index contributed by atoms with van der Waals surface area (Å²) < 4.78 is 12.9. The highest BCUT2D eigenvalue weighted by Gasteiger charge is 2.29. The summed E-state index contributed by atoms with van der Waals surface area (Å²) in [5.41, 5.74) is 0.888.